The lowest BCUT2D eigenvalue weighted by Crippen LogP contribution is -2.36. The molecule has 1 aliphatic heterocycles. The fourth-order valence-corrected chi connectivity index (χ4v) is 2.87. The highest BCUT2D eigenvalue weighted by Gasteiger charge is 2.24. The maximum absolute atomic E-state index is 4.36. The summed E-state index contributed by atoms with van der Waals surface area (Å²) in [4.78, 5) is 6.98. The van der Waals surface area contributed by atoms with Crippen molar-refractivity contribution >= 4 is 15.9 Å². The Hall–Kier alpha value is -0.410. The number of piperidine rings is 1. The number of nitrogens with zero attached hydrogens (tertiary/aromatic N) is 2. The van der Waals surface area contributed by atoms with Crippen molar-refractivity contribution in [1.29, 1.82) is 0 Å². The molecule has 1 saturated heterocycles. The molecule has 2 rings (SSSR count). The van der Waals surface area contributed by atoms with Gasteiger partial charge < -0.3 is 0 Å². The van der Waals surface area contributed by atoms with Crippen LogP contribution in [-0.2, 0) is 0 Å². The van der Waals surface area contributed by atoms with Gasteiger partial charge in [0.15, 0.2) is 0 Å². The fourth-order valence-electron chi connectivity index (χ4n) is 2.64. The first kappa shape index (κ1) is 13.0. The molecule has 0 aliphatic carbocycles. The Morgan fingerprint density at radius 1 is 1.41 bits per heavy atom. The van der Waals surface area contributed by atoms with E-state index in [-0.39, 0.29) is 0 Å². The quantitative estimate of drug-likeness (QED) is 0.783. The third-order valence-corrected chi connectivity index (χ3v) is 3.82. The minimum atomic E-state index is 0.576. The lowest BCUT2D eigenvalue weighted by atomic mass is 9.95. The van der Waals surface area contributed by atoms with Crippen molar-refractivity contribution in [1.82, 2.24) is 9.88 Å². The van der Waals surface area contributed by atoms with Crippen LogP contribution < -0.4 is 0 Å². The van der Waals surface area contributed by atoms with E-state index in [4.69, 9.17) is 0 Å². The highest BCUT2D eigenvalue weighted by molar-refractivity contribution is 9.10. The van der Waals surface area contributed by atoms with E-state index in [0.29, 0.717) is 6.04 Å². The monoisotopic (exact) mass is 296 g/mol. The molecule has 1 aliphatic rings. The lowest BCUT2D eigenvalue weighted by Gasteiger charge is -2.37. The van der Waals surface area contributed by atoms with E-state index >= 15 is 0 Å². The molecule has 94 valence electrons. The lowest BCUT2D eigenvalue weighted by molar-refractivity contribution is 0.132. The average Bonchev–Trinajstić information content (AvgIpc) is 2.30. The van der Waals surface area contributed by atoms with Gasteiger partial charge in [0.1, 0.15) is 4.60 Å². The molecule has 2 heterocycles. The second-order valence-corrected chi connectivity index (χ2v) is 6.13. The van der Waals surface area contributed by atoms with E-state index in [1.54, 1.807) is 0 Å². The number of hydrogen-bond acceptors (Lipinski definition) is 2. The molecule has 0 spiro atoms. The standard InChI is InChI=1S/C14H21BrN2/c1-11(2)10-17-8-4-3-5-13(17)12-6-7-14(15)16-9-12/h6-7,9,11,13H,3-5,8,10H2,1-2H3/t13-/m0/s1. The van der Waals surface area contributed by atoms with E-state index in [1.165, 1.54) is 37.9 Å². The van der Waals surface area contributed by atoms with Crippen LogP contribution in [0.1, 0.15) is 44.7 Å². The van der Waals surface area contributed by atoms with E-state index in [2.05, 4.69) is 51.8 Å². The number of rotatable bonds is 3. The second-order valence-electron chi connectivity index (χ2n) is 5.31. The molecule has 0 saturated carbocycles. The van der Waals surface area contributed by atoms with E-state index < -0.39 is 0 Å². The molecule has 0 radical (unpaired) electrons. The van der Waals surface area contributed by atoms with Crippen molar-refractivity contribution < 1.29 is 0 Å². The van der Waals surface area contributed by atoms with Crippen molar-refractivity contribution in [2.24, 2.45) is 5.92 Å². The molecule has 1 aromatic heterocycles. The van der Waals surface area contributed by atoms with Gasteiger partial charge in [-0.2, -0.15) is 0 Å². The van der Waals surface area contributed by atoms with Crippen LogP contribution in [0.3, 0.4) is 0 Å². The van der Waals surface area contributed by atoms with E-state index in [1.807, 2.05) is 6.20 Å². The molecule has 2 nitrogen and oxygen atoms in total. The first-order valence-corrected chi connectivity index (χ1v) is 7.31. The molecule has 1 atom stereocenters. The van der Waals surface area contributed by atoms with Gasteiger partial charge >= 0.3 is 0 Å². The molecule has 17 heavy (non-hydrogen) atoms. The molecule has 3 heteroatoms. The molecule has 0 aromatic carbocycles. The highest BCUT2D eigenvalue weighted by atomic mass is 79.9. The molecular weight excluding hydrogens is 276 g/mol. The fraction of sp³-hybridized carbons (Fsp3) is 0.643. The highest BCUT2D eigenvalue weighted by Crippen LogP contribution is 2.31. The maximum atomic E-state index is 4.36. The van der Waals surface area contributed by atoms with Gasteiger partial charge in [0.2, 0.25) is 0 Å². The Bertz CT molecular complexity index is 348. The van der Waals surface area contributed by atoms with Crippen LogP contribution in [0.5, 0.6) is 0 Å². The van der Waals surface area contributed by atoms with Gasteiger partial charge in [0.25, 0.3) is 0 Å². The minimum absolute atomic E-state index is 0.576. The van der Waals surface area contributed by atoms with Crippen molar-refractivity contribution in [2.45, 2.75) is 39.2 Å². The summed E-state index contributed by atoms with van der Waals surface area (Å²) in [6.07, 6.45) is 5.98. The summed E-state index contributed by atoms with van der Waals surface area (Å²) in [7, 11) is 0. The third-order valence-electron chi connectivity index (χ3n) is 3.35. The molecule has 0 amide bonds. The topological polar surface area (TPSA) is 16.1 Å². The Morgan fingerprint density at radius 2 is 2.24 bits per heavy atom. The van der Waals surface area contributed by atoms with Gasteiger partial charge in [-0.3, -0.25) is 4.90 Å². The number of likely N-dealkylation sites (tertiary alicyclic amines) is 1. The van der Waals surface area contributed by atoms with Crippen molar-refractivity contribution in [2.75, 3.05) is 13.1 Å². The second kappa shape index (κ2) is 5.96. The molecule has 0 bridgehead atoms. The van der Waals surface area contributed by atoms with Crippen LogP contribution in [-0.4, -0.2) is 23.0 Å². The van der Waals surface area contributed by atoms with Gasteiger partial charge in [-0.1, -0.05) is 26.3 Å². The van der Waals surface area contributed by atoms with Crippen molar-refractivity contribution in [3.63, 3.8) is 0 Å². The van der Waals surface area contributed by atoms with Gasteiger partial charge in [-0.15, -0.1) is 0 Å². The van der Waals surface area contributed by atoms with Crippen LogP contribution in [0.4, 0.5) is 0 Å². The molecule has 0 N–H and O–H groups in total. The number of pyridine rings is 1. The zero-order chi connectivity index (χ0) is 12.3. The average molecular weight is 297 g/mol. The third kappa shape index (κ3) is 3.52. The number of halogens is 1. The zero-order valence-electron chi connectivity index (χ0n) is 10.7. The number of hydrogen-bond donors (Lipinski definition) is 0. The van der Waals surface area contributed by atoms with Crippen LogP contribution in [0.25, 0.3) is 0 Å². The zero-order valence-corrected chi connectivity index (χ0v) is 12.3. The Kier molecular flexibility index (Phi) is 4.57. The molecular formula is C14H21BrN2. The number of aromatic nitrogens is 1. The molecule has 1 fully saturated rings. The predicted molar refractivity (Wildman–Crippen MR) is 74.9 cm³/mol. The van der Waals surface area contributed by atoms with Crippen LogP contribution >= 0.6 is 15.9 Å². The van der Waals surface area contributed by atoms with Crippen molar-refractivity contribution in [3.05, 3.63) is 28.5 Å². The SMILES string of the molecule is CC(C)CN1CCCC[C@H]1c1ccc(Br)nc1. The molecule has 1 aromatic rings. The van der Waals surface area contributed by atoms with E-state index in [9.17, 15) is 0 Å². The predicted octanol–water partition coefficient (Wildman–Crippen LogP) is 4.03. The smallest absolute Gasteiger partial charge is 0.106 e. The van der Waals surface area contributed by atoms with E-state index in [0.717, 1.165) is 10.5 Å². The van der Waals surface area contributed by atoms with Gasteiger partial charge in [0.05, 0.1) is 0 Å². The summed E-state index contributed by atoms with van der Waals surface area (Å²) in [6, 6.07) is 4.84. The Balaban J connectivity index is 2.12. The van der Waals surface area contributed by atoms with Crippen LogP contribution in [0, 0.1) is 5.92 Å². The maximum Gasteiger partial charge on any atom is 0.106 e. The van der Waals surface area contributed by atoms with Crippen LogP contribution in [0.2, 0.25) is 0 Å². The normalized spacial score (nSPS) is 22.0. The summed E-state index contributed by atoms with van der Waals surface area (Å²) in [6.45, 7) is 7.02. The van der Waals surface area contributed by atoms with Crippen molar-refractivity contribution in [3.8, 4) is 0 Å². The summed E-state index contributed by atoms with van der Waals surface area (Å²) in [5.41, 5.74) is 1.37. The summed E-state index contributed by atoms with van der Waals surface area (Å²) >= 11 is 3.40. The Morgan fingerprint density at radius 3 is 2.88 bits per heavy atom. The van der Waals surface area contributed by atoms with Crippen LogP contribution in [0.15, 0.2) is 22.9 Å². The first-order valence-electron chi connectivity index (χ1n) is 6.52. The summed E-state index contributed by atoms with van der Waals surface area (Å²) in [5.74, 6) is 0.735. The summed E-state index contributed by atoms with van der Waals surface area (Å²) in [5, 5.41) is 0. The minimum Gasteiger partial charge on any atom is -0.296 e. The summed E-state index contributed by atoms with van der Waals surface area (Å²) < 4.78 is 0.924. The van der Waals surface area contributed by atoms with Gasteiger partial charge in [-0.25, -0.2) is 4.98 Å². The Labute approximate surface area is 113 Å². The first-order chi connectivity index (χ1) is 8.16. The van der Waals surface area contributed by atoms with Gasteiger partial charge in [0, 0.05) is 18.8 Å². The largest absolute Gasteiger partial charge is 0.296 e. The molecule has 0 unspecified atom stereocenters. The van der Waals surface area contributed by atoms with Gasteiger partial charge in [-0.05, 0) is 52.9 Å².